The summed E-state index contributed by atoms with van der Waals surface area (Å²) < 4.78 is 13.5. The van der Waals surface area contributed by atoms with Gasteiger partial charge in [-0.15, -0.1) is 0 Å². The second-order valence-electron chi connectivity index (χ2n) is 6.69. The van der Waals surface area contributed by atoms with Gasteiger partial charge >= 0.3 is 0 Å². The van der Waals surface area contributed by atoms with Crippen molar-refractivity contribution in [3.8, 4) is 0 Å². The second kappa shape index (κ2) is 8.13. The third-order valence-corrected chi connectivity index (χ3v) is 4.78. The van der Waals surface area contributed by atoms with E-state index in [1.165, 1.54) is 41.4 Å². The lowest BCUT2D eigenvalue weighted by Gasteiger charge is -2.25. The van der Waals surface area contributed by atoms with Crippen LogP contribution in [0.15, 0.2) is 96.4 Å². The summed E-state index contributed by atoms with van der Waals surface area (Å²) in [7, 11) is 0. The maximum Gasteiger partial charge on any atom is 0.295 e. The number of nitrogens with zero attached hydrogens (tertiary/aromatic N) is 2. The van der Waals surface area contributed by atoms with Crippen LogP contribution in [0, 0.1) is 5.82 Å². The summed E-state index contributed by atoms with van der Waals surface area (Å²) in [6.07, 6.45) is 4.43. The van der Waals surface area contributed by atoms with E-state index in [0.29, 0.717) is 5.56 Å². The zero-order valence-electron chi connectivity index (χ0n) is 15.8. The molecule has 1 aliphatic rings. The van der Waals surface area contributed by atoms with Crippen LogP contribution in [0.25, 0.3) is 6.08 Å². The topological polar surface area (TPSA) is 70.5 Å². The summed E-state index contributed by atoms with van der Waals surface area (Å²) in [5, 5.41) is 10.6. The molecule has 1 aromatic heterocycles. The van der Waals surface area contributed by atoms with Gasteiger partial charge in [0.25, 0.3) is 5.91 Å². The van der Waals surface area contributed by atoms with Crippen LogP contribution in [0.2, 0.25) is 0 Å². The molecule has 2 heterocycles. The highest BCUT2D eigenvalue weighted by atomic mass is 19.1. The Hall–Kier alpha value is -4.06. The fourth-order valence-electron chi connectivity index (χ4n) is 3.38. The summed E-state index contributed by atoms with van der Waals surface area (Å²) in [6, 6.07) is 18.7. The first-order valence-electron chi connectivity index (χ1n) is 9.27. The van der Waals surface area contributed by atoms with Gasteiger partial charge in [-0.2, -0.15) is 0 Å². The zero-order chi connectivity index (χ0) is 21.1. The van der Waals surface area contributed by atoms with Crippen LogP contribution in [0.5, 0.6) is 0 Å². The van der Waals surface area contributed by atoms with Crippen molar-refractivity contribution in [1.29, 1.82) is 0 Å². The average Bonchev–Trinajstić information content (AvgIpc) is 3.04. The summed E-state index contributed by atoms with van der Waals surface area (Å²) in [6.45, 7) is 0. The normalized spacial score (nSPS) is 16.5. The molecule has 6 heteroatoms. The Morgan fingerprint density at radius 2 is 1.70 bits per heavy atom. The quantitative estimate of drug-likeness (QED) is 0.645. The fourth-order valence-corrected chi connectivity index (χ4v) is 3.38. The Kier molecular flexibility index (Phi) is 5.22. The minimum absolute atomic E-state index is 0.0792. The maximum absolute atomic E-state index is 13.5. The molecule has 0 spiro atoms. The number of anilines is 1. The fraction of sp³-hybridized carbons (Fsp3) is 0.0417. The van der Waals surface area contributed by atoms with Crippen molar-refractivity contribution >= 4 is 23.6 Å². The van der Waals surface area contributed by atoms with E-state index >= 15 is 0 Å². The molecule has 1 amide bonds. The molecule has 2 aromatic carbocycles. The van der Waals surface area contributed by atoms with Crippen LogP contribution in [-0.4, -0.2) is 21.8 Å². The maximum atomic E-state index is 13.5. The van der Waals surface area contributed by atoms with Gasteiger partial charge in [-0.05, 0) is 41.5 Å². The Morgan fingerprint density at radius 3 is 2.37 bits per heavy atom. The standard InChI is InChI=1S/C24H17FN2O3/c25-18-12-10-17(11-13-18)22-21(19(28)14-9-16-6-2-1-3-7-16)23(29)24(30)27(22)20-8-4-5-15-26-20/h1-15,22,29H/b14-9+/t22-/m0/s1. The molecule has 0 fully saturated rings. The van der Waals surface area contributed by atoms with Crippen LogP contribution >= 0.6 is 0 Å². The zero-order valence-corrected chi connectivity index (χ0v) is 15.8. The van der Waals surface area contributed by atoms with E-state index in [-0.39, 0.29) is 11.4 Å². The number of ketones is 1. The van der Waals surface area contributed by atoms with Gasteiger partial charge in [-0.1, -0.05) is 54.6 Å². The summed E-state index contributed by atoms with van der Waals surface area (Å²) in [5.74, 6) is -2.06. The predicted molar refractivity (Wildman–Crippen MR) is 111 cm³/mol. The van der Waals surface area contributed by atoms with Crippen LogP contribution < -0.4 is 4.90 Å². The van der Waals surface area contributed by atoms with E-state index in [9.17, 15) is 19.1 Å². The lowest BCUT2D eigenvalue weighted by atomic mass is 9.95. The molecule has 0 saturated heterocycles. The van der Waals surface area contributed by atoms with Gasteiger partial charge in [-0.3, -0.25) is 14.5 Å². The van der Waals surface area contributed by atoms with Crippen molar-refractivity contribution in [2.45, 2.75) is 6.04 Å². The van der Waals surface area contributed by atoms with Gasteiger partial charge in [0, 0.05) is 6.20 Å². The van der Waals surface area contributed by atoms with Gasteiger partial charge in [0.2, 0.25) is 0 Å². The summed E-state index contributed by atoms with van der Waals surface area (Å²) in [5.41, 5.74) is 1.20. The number of aliphatic hydroxyl groups is 1. The molecule has 3 aromatic rings. The van der Waals surface area contributed by atoms with Crippen molar-refractivity contribution < 1.29 is 19.1 Å². The molecule has 30 heavy (non-hydrogen) atoms. The Morgan fingerprint density at radius 1 is 1.00 bits per heavy atom. The second-order valence-corrected chi connectivity index (χ2v) is 6.69. The molecular formula is C24H17FN2O3. The number of carbonyl (C=O) groups is 2. The molecule has 148 valence electrons. The lowest BCUT2D eigenvalue weighted by molar-refractivity contribution is -0.117. The molecule has 1 atom stereocenters. The SMILES string of the molecule is O=C(/C=C/c1ccccc1)C1=C(O)C(=O)N(c2ccccn2)[C@H]1c1ccc(F)cc1. The number of rotatable bonds is 5. The molecular weight excluding hydrogens is 383 g/mol. The monoisotopic (exact) mass is 400 g/mol. The number of aromatic nitrogens is 1. The van der Waals surface area contributed by atoms with Crippen LogP contribution in [-0.2, 0) is 9.59 Å². The Balaban J connectivity index is 1.78. The molecule has 1 aliphatic heterocycles. The van der Waals surface area contributed by atoms with Crippen molar-refractivity contribution in [3.63, 3.8) is 0 Å². The van der Waals surface area contributed by atoms with Crippen molar-refractivity contribution in [1.82, 2.24) is 4.98 Å². The van der Waals surface area contributed by atoms with Gasteiger partial charge in [-0.25, -0.2) is 9.37 Å². The number of hydrogen-bond donors (Lipinski definition) is 1. The molecule has 0 aliphatic carbocycles. The smallest absolute Gasteiger partial charge is 0.295 e. The highest BCUT2D eigenvalue weighted by Gasteiger charge is 2.44. The number of hydrogen-bond acceptors (Lipinski definition) is 4. The van der Waals surface area contributed by atoms with Crippen LogP contribution in [0.1, 0.15) is 17.2 Å². The first-order chi connectivity index (χ1) is 14.6. The minimum atomic E-state index is -0.930. The highest BCUT2D eigenvalue weighted by molar-refractivity contribution is 6.19. The Bertz CT molecular complexity index is 1140. The number of allylic oxidation sites excluding steroid dienone is 1. The number of carbonyl (C=O) groups excluding carboxylic acids is 2. The summed E-state index contributed by atoms with van der Waals surface area (Å²) >= 11 is 0. The van der Waals surface area contributed by atoms with E-state index in [4.69, 9.17) is 0 Å². The molecule has 0 bridgehead atoms. The van der Waals surface area contributed by atoms with Gasteiger partial charge in [0.1, 0.15) is 11.6 Å². The van der Waals surface area contributed by atoms with Crippen molar-refractivity contribution in [2.75, 3.05) is 4.90 Å². The van der Waals surface area contributed by atoms with E-state index in [2.05, 4.69) is 4.98 Å². The molecule has 5 nitrogen and oxygen atoms in total. The van der Waals surface area contributed by atoms with Crippen molar-refractivity contribution in [3.05, 3.63) is 113 Å². The molecule has 0 saturated carbocycles. The minimum Gasteiger partial charge on any atom is -0.503 e. The van der Waals surface area contributed by atoms with Crippen LogP contribution in [0.3, 0.4) is 0 Å². The molecule has 0 unspecified atom stereocenters. The third-order valence-electron chi connectivity index (χ3n) is 4.78. The number of benzene rings is 2. The Labute approximate surface area is 172 Å². The van der Waals surface area contributed by atoms with Crippen LogP contribution in [0.4, 0.5) is 10.2 Å². The number of pyridine rings is 1. The highest BCUT2D eigenvalue weighted by Crippen LogP contribution is 2.40. The average molecular weight is 400 g/mol. The number of halogens is 1. The van der Waals surface area contributed by atoms with Gasteiger partial charge < -0.3 is 5.11 Å². The van der Waals surface area contributed by atoms with E-state index in [1.54, 1.807) is 24.3 Å². The lowest BCUT2D eigenvalue weighted by Crippen LogP contribution is -2.31. The van der Waals surface area contributed by atoms with E-state index < -0.39 is 29.3 Å². The molecule has 1 N–H and O–H groups in total. The first-order valence-corrected chi connectivity index (χ1v) is 9.27. The summed E-state index contributed by atoms with van der Waals surface area (Å²) in [4.78, 5) is 31.3. The first kappa shape index (κ1) is 19.3. The van der Waals surface area contributed by atoms with Crippen molar-refractivity contribution in [2.24, 2.45) is 0 Å². The largest absolute Gasteiger partial charge is 0.503 e. The van der Waals surface area contributed by atoms with E-state index in [1.807, 2.05) is 30.3 Å². The molecule has 4 rings (SSSR count). The van der Waals surface area contributed by atoms with Gasteiger partial charge in [0.15, 0.2) is 11.5 Å². The van der Waals surface area contributed by atoms with E-state index in [0.717, 1.165) is 5.56 Å². The number of amides is 1. The molecule has 0 radical (unpaired) electrons. The third kappa shape index (κ3) is 3.63. The van der Waals surface area contributed by atoms with Gasteiger partial charge in [0.05, 0.1) is 11.6 Å². The number of aliphatic hydroxyl groups excluding tert-OH is 1. The predicted octanol–water partition coefficient (Wildman–Crippen LogP) is 4.40.